The molecule has 0 fully saturated rings. The van der Waals surface area contributed by atoms with E-state index in [4.69, 9.17) is 12.8 Å². The third-order valence-corrected chi connectivity index (χ3v) is 0.633. The molecule has 0 unspecified atom stereocenters. The van der Waals surface area contributed by atoms with Crippen molar-refractivity contribution < 1.29 is 4.79 Å². The zero-order valence-corrected chi connectivity index (χ0v) is 7.27. The Bertz CT molecular complexity index is 236. The summed E-state index contributed by atoms with van der Waals surface area (Å²) in [5.41, 5.74) is 0. The van der Waals surface area contributed by atoms with Crippen molar-refractivity contribution in [1.82, 2.24) is 5.32 Å². The normalized spacial score (nSPS) is 5.33. The predicted molar refractivity (Wildman–Crippen MR) is 49.8 cm³/mol. The van der Waals surface area contributed by atoms with Gasteiger partial charge < -0.3 is 5.32 Å². The number of nitrogens with one attached hydrogen (secondary N) is 1. The molecule has 62 valence electrons. The monoisotopic (exact) mass is 161 g/mol. The second kappa shape index (κ2) is 11.9. The Balaban J connectivity index is 0. The van der Waals surface area contributed by atoms with Crippen LogP contribution in [-0.4, -0.2) is 12.5 Å². The fourth-order valence-electron chi connectivity index (χ4n) is 0.321. The van der Waals surface area contributed by atoms with E-state index in [1.807, 2.05) is 6.92 Å². The maximum absolute atomic E-state index is 9.93. The molecular weight excluding hydrogens is 150 g/mol. The number of hydrogen-bond acceptors (Lipinski definition) is 1. The molecule has 1 amide bonds. The van der Waals surface area contributed by atoms with Gasteiger partial charge in [-0.2, -0.15) is 0 Å². The average Bonchev–Trinajstić information content (AvgIpc) is 2.02. The Morgan fingerprint density at radius 3 is 1.83 bits per heavy atom. The second-order valence-corrected chi connectivity index (χ2v) is 1.63. The van der Waals surface area contributed by atoms with E-state index in [2.05, 4.69) is 29.0 Å². The van der Waals surface area contributed by atoms with Gasteiger partial charge in [0.15, 0.2) is 0 Å². The summed E-state index contributed by atoms with van der Waals surface area (Å²) in [5.74, 6) is 8.65. The fourth-order valence-corrected chi connectivity index (χ4v) is 0.321. The third-order valence-electron chi connectivity index (χ3n) is 0.633. The minimum Gasteiger partial charge on any atom is -0.357 e. The zero-order valence-electron chi connectivity index (χ0n) is 7.27. The first kappa shape index (κ1) is 12.8. The van der Waals surface area contributed by atoms with Crippen molar-refractivity contribution in [2.45, 2.75) is 13.8 Å². The smallest absolute Gasteiger partial charge is 0.216 e. The first-order chi connectivity index (χ1) is 5.68. The predicted octanol–water partition coefficient (Wildman–Crippen LogP) is 0.399. The van der Waals surface area contributed by atoms with Crippen LogP contribution < -0.4 is 5.32 Å². The van der Waals surface area contributed by atoms with E-state index < -0.39 is 0 Å². The van der Waals surface area contributed by atoms with Gasteiger partial charge in [-0.25, -0.2) is 0 Å². The van der Waals surface area contributed by atoms with E-state index >= 15 is 0 Å². The van der Waals surface area contributed by atoms with Gasteiger partial charge in [0.05, 0.1) is 0 Å². The Labute approximate surface area is 73.7 Å². The van der Waals surface area contributed by atoms with Gasteiger partial charge >= 0.3 is 0 Å². The summed E-state index contributed by atoms with van der Waals surface area (Å²) in [6.07, 6.45) is 9.39. The number of rotatable bonds is 1. The molecule has 2 heteroatoms. The summed E-state index contributed by atoms with van der Waals surface area (Å²) in [5, 5.41) is 2.57. The van der Waals surface area contributed by atoms with Crippen LogP contribution in [0.4, 0.5) is 0 Å². The first-order valence-corrected chi connectivity index (χ1v) is 3.34. The Morgan fingerprint density at radius 2 is 1.75 bits per heavy atom. The topological polar surface area (TPSA) is 29.1 Å². The Morgan fingerprint density at radius 1 is 1.33 bits per heavy atom. The maximum Gasteiger partial charge on any atom is 0.216 e. The molecule has 0 atom stereocenters. The largest absolute Gasteiger partial charge is 0.357 e. The summed E-state index contributed by atoms with van der Waals surface area (Å²) in [7, 11) is 0. The van der Waals surface area contributed by atoms with Crippen LogP contribution in [0.25, 0.3) is 0 Å². The molecule has 12 heavy (non-hydrogen) atoms. The summed E-state index contributed by atoms with van der Waals surface area (Å²) in [6.45, 7) is 4.13. The van der Waals surface area contributed by atoms with Crippen LogP contribution in [-0.2, 0) is 4.79 Å². The summed E-state index contributed by atoms with van der Waals surface area (Å²) in [6, 6.07) is 0. The van der Waals surface area contributed by atoms with Crippen LogP contribution >= 0.6 is 0 Å². The van der Waals surface area contributed by atoms with Crippen molar-refractivity contribution in [2.75, 3.05) is 6.54 Å². The lowest BCUT2D eigenvalue weighted by Gasteiger charge is -1.88. The molecular formula is C10H11NO. The average molecular weight is 161 g/mol. The van der Waals surface area contributed by atoms with Gasteiger partial charge in [0, 0.05) is 13.5 Å². The highest BCUT2D eigenvalue weighted by Gasteiger charge is 1.78. The number of hydrogen-bond donors (Lipinski definition) is 1. The van der Waals surface area contributed by atoms with Gasteiger partial charge in [0.25, 0.3) is 0 Å². The summed E-state index contributed by atoms with van der Waals surface area (Å²) < 4.78 is 0. The summed E-state index contributed by atoms with van der Waals surface area (Å²) >= 11 is 0. The summed E-state index contributed by atoms with van der Waals surface area (Å²) in [4.78, 5) is 9.93. The van der Waals surface area contributed by atoms with Crippen molar-refractivity contribution >= 4 is 5.91 Å². The lowest BCUT2D eigenvalue weighted by Crippen LogP contribution is -2.18. The van der Waals surface area contributed by atoms with Crippen molar-refractivity contribution in [2.24, 2.45) is 0 Å². The molecule has 2 nitrogen and oxygen atoms in total. The van der Waals surface area contributed by atoms with Gasteiger partial charge in [-0.1, -0.05) is 0 Å². The Kier molecular flexibility index (Phi) is 12.7. The maximum atomic E-state index is 9.93. The molecule has 0 rings (SSSR count). The van der Waals surface area contributed by atoms with Crippen LogP contribution in [0.1, 0.15) is 13.8 Å². The minimum absolute atomic E-state index is 0.0394. The highest BCUT2D eigenvalue weighted by Crippen LogP contribution is 1.54. The van der Waals surface area contributed by atoms with Gasteiger partial charge in [-0.15, -0.1) is 12.8 Å². The van der Waals surface area contributed by atoms with Crippen molar-refractivity contribution in [3.63, 3.8) is 0 Å². The lowest BCUT2D eigenvalue weighted by atomic mass is 10.6. The molecule has 0 aromatic rings. The second-order valence-electron chi connectivity index (χ2n) is 1.63. The van der Waals surface area contributed by atoms with E-state index in [-0.39, 0.29) is 5.91 Å². The molecule has 1 N–H and O–H groups in total. The highest BCUT2D eigenvalue weighted by molar-refractivity contribution is 5.72. The van der Waals surface area contributed by atoms with E-state index in [1.54, 1.807) is 0 Å². The third kappa shape index (κ3) is 24.2. The quantitative estimate of drug-likeness (QED) is 0.554. The first-order valence-electron chi connectivity index (χ1n) is 3.34. The number of carbonyl (C=O) groups is 1. The van der Waals surface area contributed by atoms with Crippen molar-refractivity contribution in [3.05, 3.63) is 0 Å². The molecule has 0 aromatic carbocycles. The zero-order chi connectivity index (χ0) is 9.82. The van der Waals surface area contributed by atoms with E-state index in [9.17, 15) is 4.79 Å². The van der Waals surface area contributed by atoms with E-state index in [0.717, 1.165) is 6.54 Å². The lowest BCUT2D eigenvalue weighted by molar-refractivity contribution is -0.118. The molecule has 0 radical (unpaired) electrons. The van der Waals surface area contributed by atoms with Gasteiger partial charge in [-0.05, 0) is 30.6 Å². The van der Waals surface area contributed by atoms with Gasteiger partial charge in [0.1, 0.15) is 0 Å². The fraction of sp³-hybridized carbons (Fsp3) is 0.300. The molecule has 0 spiro atoms. The molecule has 0 saturated carbocycles. The van der Waals surface area contributed by atoms with Gasteiger partial charge in [0.2, 0.25) is 5.91 Å². The molecule has 0 saturated heterocycles. The van der Waals surface area contributed by atoms with E-state index in [0.29, 0.717) is 0 Å². The molecule has 0 aliphatic carbocycles. The van der Waals surface area contributed by atoms with Crippen LogP contribution in [0.2, 0.25) is 0 Å². The number of amides is 1. The van der Waals surface area contributed by atoms with Crippen molar-refractivity contribution in [1.29, 1.82) is 0 Å². The number of terminal acetylenes is 2. The van der Waals surface area contributed by atoms with Crippen LogP contribution in [0.3, 0.4) is 0 Å². The van der Waals surface area contributed by atoms with Crippen molar-refractivity contribution in [3.8, 4) is 36.5 Å². The minimum atomic E-state index is 0.0394. The van der Waals surface area contributed by atoms with Crippen LogP contribution in [0, 0.1) is 36.5 Å². The van der Waals surface area contributed by atoms with E-state index in [1.165, 1.54) is 6.92 Å². The van der Waals surface area contributed by atoms with Crippen LogP contribution in [0.15, 0.2) is 0 Å². The number of carbonyl (C=O) groups excluding carboxylic acids is 1. The molecule has 0 bridgehead atoms. The standard InChI is InChI=1S/C6H2.C4H9NO/c1-3-5-6-4-2;1-3-5-4(2)6/h1-2H;3H2,1-2H3,(H,5,6). The molecule has 0 aromatic heterocycles. The molecule has 0 aliphatic rings. The Hall–Kier alpha value is -1.85. The highest BCUT2D eigenvalue weighted by atomic mass is 16.1. The molecule has 0 heterocycles. The SMILES string of the molecule is C#CC#CC#C.CCNC(C)=O. The van der Waals surface area contributed by atoms with Gasteiger partial charge in [-0.3, -0.25) is 4.79 Å². The molecule has 0 aliphatic heterocycles. The van der Waals surface area contributed by atoms with Crippen LogP contribution in [0.5, 0.6) is 0 Å².